The van der Waals surface area contributed by atoms with Crippen LogP contribution in [0.4, 0.5) is 5.69 Å². The normalized spacial score (nSPS) is 16.4. The number of thioether (sulfide) groups is 1. The van der Waals surface area contributed by atoms with E-state index in [4.69, 9.17) is 0 Å². The molecule has 150 valence electrons. The van der Waals surface area contributed by atoms with Gasteiger partial charge in [-0.15, -0.1) is 11.8 Å². The maximum atomic E-state index is 12.6. The van der Waals surface area contributed by atoms with Crippen molar-refractivity contribution in [3.05, 3.63) is 58.1 Å². The van der Waals surface area contributed by atoms with E-state index in [1.54, 1.807) is 0 Å². The number of carbonyl (C=O) groups is 1. The average Bonchev–Trinajstić information content (AvgIpc) is 3.01. The molecule has 0 aromatic heterocycles. The van der Waals surface area contributed by atoms with E-state index in [-0.39, 0.29) is 11.3 Å². The Labute approximate surface area is 174 Å². The summed E-state index contributed by atoms with van der Waals surface area (Å²) in [4.78, 5) is 13.9. The van der Waals surface area contributed by atoms with Gasteiger partial charge in [-0.2, -0.15) is 0 Å². The van der Waals surface area contributed by atoms with Gasteiger partial charge in [0.15, 0.2) is 0 Å². The van der Waals surface area contributed by atoms with Gasteiger partial charge < -0.3 is 5.32 Å². The molecule has 0 radical (unpaired) electrons. The summed E-state index contributed by atoms with van der Waals surface area (Å²) in [6.07, 6.45) is 0.526. The lowest BCUT2D eigenvalue weighted by Gasteiger charge is -2.22. The molecule has 3 rings (SSSR count). The van der Waals surface area contributed by atoms with Gasteiger partial charge >= 0.3 is 0 Å². The van der Waals surface area contributed by atoms with Gasteiger partial charge in [-0.05, 0) is 59.1 Å². The smallest absolute Gasteiger partial charge is 0.224 e. The van der Waals surface area contributed by atoms with Crippen LogP contribution >= 0.6 is 11.8 Å². The van der Waals surface area contributed by atoms with Crippen LogP contribution in [-0.2, 0) is 4.79 Å². The number of carbonyl (C=O) groups excluding carboxylic acids is 1. The predicted octanol–water partition coefficient (Wildman–Crippen LogP) is 7.04. The second-order valence-corrected chi connectivity index (χ2v) is 10.6. The summed E-state index contributed by atoms with van der Waals surface area (Å²) in [6, 6.07) is 11.3. The van der Waals surface area contributed by atoms with Gasteiger partial charge in [0, 0.05) is 28.7 Å². The zero-order chi connectivity index (χ0) is 20.6. The highest BCUT2D eigenvalue weighted by Crippen LogP contribution is 2.47. The Hall–Kier alpha value is -1.74. The minimum absolute atomic E-state index is 0.0147. The Kier molecular flexibility index (Phi) is 5.95. The van der Waals surface area contributed by atoms with Crippen LogP contribution < -0.4 is 5.32 Å². The van der Waals surface area contributed by atoms with Gasteiger partial charge in [-0.1, -0.05) is 58.9 Å². The molecule has 2 nitrogen and oxygen atoms in total. The number of hydrogen-bond donors (Lipinski definition) is 1. The van der Waals surface area contributed by atoms with Gasteiger partial charge in [0.2, 0.25) is 5.91 Å². The van der Waals surface area contributed by atoms with E-state index in [9.17, 15) is 4.79 Å². The lowest BCUT2D eigenvalue weighted by atomic mass is 9.87. The quantitative estimate of drug-likeness (QED) is 0.601. The van der Waals surface area contributed by atoms with E-state index < -0.39 is 0 Å². The fourth-order valence-corrected chi connectivity index (χ4v) is 5.42. The van der Waals surface area contributed by atoms with E-state index >= 15 is 0 Å². The summed E-state index contributed by atoms with van der Waals surface area (Å²) >= 11 is 1.93. The maximum absolute atomic E-state index is 12.6. The Morgan fingerprint density at radius 3 is 2.39 bits per heavy atom. The molecule has 2 aromatic rings. The summed E-state index contributed by atoms with van der Waals surface area (Å²) in [5, 5.41) is 3.21. The van der Waals surface area contributed by atoms with Crippen molar-refractivity contribution in [2.24, 2.45) is 5.41 Å². The monoisotopic (exact) mass is 395 g/mol. The largest absolute Gasteiger partial charge is 0.326 e. The zero-order valence-corrected chi connectivity index (χ0v) is 19.1. The number of benzene rings is 2. The molecule has 0 fully saturated rings. The Morgan fingerprint density at radius 2 is 1.82 bits per heavy atom. The summed E-state index contributed by atoms with van der Waals surface area (Å²) in [5.74, 6) is 2.10. The van der Waals surface area contributed by atoms with Crippen LogP contribution in [0.25, 0.3) is 0 Å². The fraction of sp³-hybridized carbons (Fsp3) is 0.480. The minimum atomic E-state index is -0.0147. The van der Waals surface area contributed by atoms with Gasteiger partial charge in [-0.3, -0.25) is 4.79 Å². The Bertz CT molecular complexity index is 875. The first kappa shape index (κ1) is 21.0. The molecule has 0 bridgehead atoms. The zero-order valence-electron chi connectivity index (χ0n) is 18.3. The number of hydrogen-bond acceptors (Lipinski definition) is 2. The highest BCUT2D eigenvalue weighted by molar-refractivity contribution is 7.99. The molecule has 1 aliphatic heterocycles. The highest BCUT2D eigenvalue weighted by Gasteiger charge is 2.29. The van der Waals surface area contributed by atoms with Crippen molar-refractivity contribution in [2.45, 2.75) is 71.6 Å². The van der Waals surface area contributed by atoms with E-state index in [0.29, 0.717) is 18.3 Å². The first-order chi connectivity index (χ1) is 13.1. The molecule has 0 saturated carbocycles. The molecule has 0 aliphatic carbocycles. The molecule has 0 spiro atoms. The third-order valence-corrected chi connectivity index (χ3v) is 6.65. The topological polar surface area (TPSA) is 29.1 Å². The average molecular weight is 396 g/mol. The lowest BCUT2D eigenvalue weighted by Crippen LogP contribution is -2.21. The lowest BCUT2D eigenvalue weighted by molar-refractivity contribution is -0.117. The van der Waals surface area contributed by atoms with Crippen LogP contribution in [0.5, 0.6) is 0 Å². The molecule has 1 unspecified atom stereocenters. The molecular weight excluding hydrogens is 362 g/mol. The number of anilines is 1. The van der Waals surface area contributed by atoms with Crippen molar-refractivity contribution in [3.63, 3.8) is 0 Å². The number of fused-ring (bicyclic) bond motifs is 1. The summed E-state index contributed by atoms with van der Waals surface area (Å²) in [7, 11) is 0. The third kappa shape index (κ3) is 4.46. The summed E-state index contributed by atoms with van der Waals surface area (Å²) in [5.41, 5.74) is 7.50. The van der Waals surface area contributed by atoms with E-state index in [1.165, 1.54) is 27.1 Å². The first-order valence-corrected chi connectivity index (χ1v) is 11.2. The molecule has 1 heterocycles. The molecule has 1 atom stereocenters. The van der Waals surface area contributed by atoms with Gasteiger partial charge in [0.05, 0.1) is 0 Å². The Morgan fingerprint density at radius 1 is 1.18 bits per heavy atom. The molecule has 2 aromatic carbocycles. The molecule has 0 saturated heterocycles. The van der Waals surface area contributed by atoms with Crippen LogP contribution in [0.3, 0.4) is 0 Å². The SMILES string of the molecule is Cc1cc2c(c(C)c1NC(=O)CC(C)(C)C)C(c1ccc(C(C)C)cc1)CS2. The number of amides is 1. The fourth-order valence-electron chi connectivity index (χ4n) is 4.00. The molecule has 1 N–H and O–H groups in total. The van der Waals surface area contributed by atoms with Crippen LogP contribution in [0.15, 0.2) is 35.2 Å². The van der Waals surface area contributed by atoms with E-state index in [2.05, 4.69) is 84.1 Å². The van der Waals surface area contributed by atoms with Gasteiger partial charge in [0.25, 0.3) is 0 Å². The van der Waals surface area contributed by atoms with E-state index in [1.807, 2.05) is 11.8 Å². The third-order valence-electron chi connectivity index (χ3n) is 5.50. The van der Waals surface area contributed by atoms with Crippen molar-refractivity contribution in [3.8, 4) is 0 Å². The number of nitrogens with one attached hydrogen (secondary N) is 1. The van der Waals surface area contributed by atoms with Crippen LogP contribution in [0.2, 0.25) is 0 Å². The predicted molar refractivity (Wildman–Crippen MR) is 122 cm³/mol. The molecule has 28 heavy (non-hydrogen) atoms. The standard InChI is InChI=1S/C25H33NOS/c1-15(2)18-8-10-19(11-9-18)20-14-28-21-12-16(3)24(17(4)23(20)21)26-22(27)13-25(5,6)7/h8-12,15,20H,13-14H2,1-7H3,(H,26,27). The molecule has 1 amide bonds. The first-order valence-electron chi connectivity index (χ1n) is 10.2. The van der Waals surface area contributed by atoms with Gasteiger partial charge in [-0.25, -0.2) is 0 Å². The van der Waals surface area contributed by atoms with Crippen molar-refractivity contribution < 1.29 is 4.79 Å². The second kappa shape index (κ2) is 7.94. The molecule has 1 aliphatic rings. The van der Waals surface area contributed by atoms with Crippen molar-refractivity contribution in [1.82, 2.24) is 0 Å². The van der Waals surface area contributed by atoms with Crippen molar-refractivity contribution in [2.75, 3.05) is 11.1 Å². The molecular formula is C25H33NOS. The minimum Gasteiger partial charge on any atom is -0.326 e. The van der Waals surface area contributed by atoms with E-state index in [0.717, 1.165) is 17.0 Å². The van der Waals surface area contributed by atoms with Crippen molar-refractivity contribution >= 4 is 23.4 Å². The van der Waals surface area contributed by atoms with Crippen LogP contribution in [0.1, 0.15) is 80.7 Å². The van der Waals surface area contributed by atoms with Crippen LogP contribution in [-0.4, -0.2) is 11.7 Å². The summed E-state index contributed by atoms with van der Waals surface area (Å²) < 4.78 is 0. The number of rotatable bonds is 4. The van der Waals surface area contributed by atoms with Crippen LogP contribution in [0, 0.1) is 19.3 Å². The Balaban J connectivity index is 1.94. The second-order valence-electron chi connectivity index (χ2n) is 9.58. The number of aryl methyl sites for hydroxylation is 1. The van der Waals surface area contributed by atoms with Gasteiger partial charge in [0.1, 0.15) is 0 Å². The van der Waals surface area contributed by atoms with Crippen molar-refractivity contribution in [1.29, 1.82) is 0 Å². The summed E-state index contributed by atoms with van der Waals surface area (Å²) in [6.45, 7) is 15.0. The maximum Gasteiger partial charge on any atom is 0.224 e. The highest BCUT2D eigenvalue weighted by atomic mass is 32.2. The molecule has 3 heteroatoms.